The normalized spacial score (nSPS) is 22.5. The molecular formula is C16H32N2S. The molecule has 1 aliphatic rings. The molecule has 0 bridgehead atoms. The molecule has 0 aromatic rings. The Kier molecular flexibility index (Phi) is 6.75. The van der Waals surface area contributed by atoms with Gasteiger partial charge in [-0.3, -0.25) is 0 Å². The van der Waals surface area contributed by atoms with Crippen molar-refractivity contribution in [1.29, 1.82) is 0 Å². The highest BCUT2D eigenvalue weighted by Crippen LogP contribution is 2.26. The highest BCUT2D eigenvalue weighted by Gasteiger charge is 2.22. The minimum Gasteiger partial charge on any atom is -0.393 e. The molecule has 0 saturated carbocycles. The van der Waals surface area contributed by atoms with Gasteiger partial charge in [0.1, 0.15) is 0 Å². The second-order valence-corrected chi connectivity index (χ2v) is 7.57. The van der Waals surface area contributed by atoms with Crippen molar-refractivity contribution in [2.75, 3.05) is 19.6 Å². The first-order valence-electron chi connectivity index (χ1n) is 7.85. The fraction of sp³-hybridized carbons (Fsp3) is 0.938. The van der Waals surface area contributed by atoms with Crippen LogP contribution in [-0.2, 0) is 0 Å². The number of thiocarbonyl (C=S) groups is 1. The summed E-state index contributed by atoms with van der Waals surface area (Å²) < 4.78 is 0. The average molecular weight is 285 g/mol. The molecule has 0 aromatic heterocycles. The third-order valence-corrected chi connectivity index (χ3v) is 5.30. The smallest absolute Gasteiger partial charge is 0.0784 e. The number of likely N-dealkylation sites (tertiary alicyclic amines) is 1. The summed E-state index contributed by atoms with van der Waals surface area (Å²) in [6, 6.07) is 0. The molecule has 1 fully saturated rings. The van der Waals surface area contributed by atoms with Gasteiger partial charge in [-0.25, -0.2) is 0 Å². The fourth-order valence-electron chi connectivity index (χ4n) is 2.94. The number of nitrogens with zero attached hydrogens (tertiary/aromatic N) is 1. The van der Waals surface area contributed by atoms with Gasteiger partial charge in [0.05, 0.1) is 4.99 Å². The van der Waals surface area contributed by atoms with Crippen LogP contribution in [-0.4, -0.2) is 29.5 Å². The van der Waals surface area contributed by atoms with Gasteiger partial charge in [0.2, 0.25) is 0 Å². The van der Waals surface area contributed by atoms with Gasteiger partial charge in [0, 0.05) is 5.41 Å². The molecule has 112 valence electrons. The predicted molar refractivity (Wildman–Crippen MR) is 88.4 cm³/mol. The van der Waals surface area contributed by atoms with Crippen LogP contribution in [0.4, 0.5) is 0 Å². The molecule has 2 N–H and O–H groups in total. The van der Waals surface area contributed by atoms with E-state index < -0.39 is 0 Å². The lowest BCUT2D eigenvalue weighted by atomic mass is 9.88. The van der Waals surface area contributed by atoms with Gasteiger partial charge in [-0.2, -0.15) is 0 Å². The van der Waals surface area contributed by atoms with Crippen LogP contribution < -0.4 is 5.73 Å². The first-order valence-corrected chi connectivity index (χ1v) is 8.26. The monoisotopic (exact) mass is 284 g/mol. The maximum Gasteiger partial charge on any atom is 0.0784 e. The van der Waals surface area contributed by atoms with Crippen LogP contribution in [0.3, 0.4) is 0 Å². The van der Waals surface area contributed by atoms with Crippen molar-refractivity contribution in [3.63, 3.8) is 0 Å². The Balaban J connectivity index is 2.29. The zero-order valence-corrected chi connectivity index (χ0v) is 14.1. The van der Waals surface area contributed by atoms with Gasteiger partial charge >= 0.3 is 0 Å². The quantitative estimate of drug-likeness (QED) is 0.752. The van der Waals surface area contributed by atoms with Gasteiger partial charge in [-0.15, -0.1) is 0 Å². The Labute approximate surface area is 125 Å². The maximum absolute atomic E-state index is 5.78. The van der Waals surface area contributed by atoms with E-state index >= 15 is 0 Å². The summed E-state index contributed by atoms with van der Waals surface area (Å²) in [7, 11) is 0. The minimum atomic E-state index is 0.0155. The molecule has 2 nitrogen and oxygen atoms in total. The zero-order chi connectivity index (χ0) is 14.5. The highest BCUT2D eigenvalue weighted by molar-refractivity contribution is 7.80. The summed E-state index contributed by atoms with van der Waals surface area (Å²) in [6.45, 7) is 12.8. The summed E-state index contributed by atoms with van der Waals surface area (Å²) >= 11 is 5.13. The minimum absolute atomic E-state index is 0.0155. The van der Waals surface area contributed by atoms with E-state index in [2.05, 4.69) is 32.6 Å². The van der Waals surface area contributed by atoms with Crippen molar-refractivity contribution in [2.45, 2.75) is 59.8 Å². The number of rotatable bonds is 6. The Morgan fingerprint density at radius 3 is 2.58 bits per heavy atom. The van der Waals surface area contributed by atoms with Gasteiger partial charge in [-0.05, 0) is 63.6 Å². The largest absolute Gasteiger partial charge is 0.393 e. The van der Waals surface area contributed by atoms with Gasteiger partial charge < -0.3 is 10.6 Å². The van der Waals surface area contributed by atoms with Crippen LogP contribution in [0.5, 0.6) is 0 Å². The van der Waals surface area contributed by atoms with Gasteiger partial charge in [0.15, 0.2) is 0 Å². The van der Waals surface area contributed by atoms with Crippen molar-refractivity contribution >= 4 is 17.2 Å². The van der Waals surface area contributed by atoms with E-state index in [0.717, 1.165) is 18.3 Å². The third-order valence-electron chi connectivity index (χ3n) is 4.75. The second kappa shape index (κ2) is 7.58. The third kappa shape index (κ3) is 5.78. The summed E-state index contributed by atoms with van der Waals surface area (Å²) in [5, 5.41) is 0. The van der Waals surface area contributed by atoms with E-state index in [1.54, 1.807) is 0 Å². The molecule has 0 spiro atoms. The van der Waals surface area contributed by atoms with Crippen molar-refractivity contribution in [3.8, 4) is 0 Å². The summed E-state index contributed by atoms with van der Waals surface area (Å²) in [4.78, 5) is 3.29. The summed E-state index contributed by atoms with van der Waals surface area (Å²) in [5.74, 6) is 1.77. The lowest BCUT2D eigenvalue weighted by molar-refractivity contribution is 0.258. The van der Waals surface area contributed by atoms with E-state index in [1.165, 1.54) is 45.3 Å². The Bertz CT molecular complexity index is 286. The number of nitrogens with two attached hydrogens (primary N) is 1. The Hall–Kier alpha value is -0.150. The van der Waals surface area contributed by atoms with Crippen LogP contribution in [0, 0.1) is 17.3 Å². The average Bonchev–Trinajstić information content (AvgIpc) is 2.54. The van der Waals surface area contributed by atoms with E-state index in [-0.39, 0.29) is 5.41 Å². The molecule has 0 aromatic carbocycles. The van der Waals surface area contributed by atoms with Crippen LogP contribution in [0.25, 0.3) is 0 Å². The molecular weight excluding hydrogens is 252 g/mol. The van der Waals surface area contributed by atoms with Crippen molar-refractivity contribution in [3.05, 3.63) is 0 Å². The number of hydrogen-bond acceptors (Lipinski definition) is 2. The second-order valence-electron chi connectivity index (χ2n) is 7.13. The first-order chi connectivity index (χ1) is 8.83. The molecule has 1 unspecified atom stereocenters. The molecule has 0 amide bonds. The van der Waals surface area contributed by atoms with Crippen LogP contribution in [0.15, 0.2) is 0 Å². The molecule has 1 aliphatic heterocycles. The molecule has 0 aliphatic carbocycles. The topological polar surface area (TPSA) is 29.3 Å². The van der Waals surface area contributed by atoms with Crippen molar-refractivity contribution in [2.24, 2.45) is 23.0 Å². The van der Waals surface area contributed by atoms with Crippen LogP contribution >= 0.6 is 12.2 Å². The maximum atomic E-state index is 5.78. The summed E-state index contributed by atoms with van der Waals surface area (Å²) in [5.41, 5.74) is 5.80. The summed E-state index contributed by atoms with van der Waals surface area (Å²) in [6.07, 6.45) is 6.45. The molecule has 1 rings (SSSR count). The molecule has 19 heavy (non-hydrogen) atoms. The van der Waals surface area contributed by atoms with E-state index in [9.17, 15) is 0 Å². The Morgan fingerprint density at radius 2 is 2.00 bits per heavy atom. The number of hydrogen-bond donors (Lipinski definition) is 1. The van der Waals surface area contributed by atoms with E-state index in [1.807, 2.05) is 0 Å². The van der Waals surface area contributed by atoms with Crippen molar-refractivity contribution < 1.29 is 0 Å². The predicted octanol–water partition coefficient (Wildman–Crippen LogP) is 3.84. The van der Waals surface area contributed by atoms with Crippen molar-refractivity contribution in [1.82, 2.24) is 4.90 Å². The van der Waals surface area contributed by atoms with Crippen LogP contribution in [0.2, 0.25) is 0 Å². The lowest BCUT2D eigenvalue weighted by Crippen LogP contribution is -2.32. The standard InChI is InChI=1S/C16H32N2S/c1-13(2)14-7-5-10-18(12-8-14)11-6-9-16(3,4)15(17)19/h13-14H,5-12H2,1-4H3,(H2,17,19). The molecule has 0 radical (unpaired) electrons. The first kappa shape index (κ1) is 16.9. The molecule has 1 saturated heterocycles. The highest BCUT2D eigenvalue weighted by atomic mass is 32.1. The van der Waals surface area contributed by atoms with Gasteiger partial charge in [0.25, 0.3) is 0 Å². The lowest BCUT2D eigenvalue weighted by Gasteiger charge is -2.26. The van der Waals surface area contributed by atoms with Gasteiger partial charge in [-0.1, -0.05) is 39.9 Å². The van der Waals surface area contributed by atoms with E-state index in [4.69, 9.17) is 18.0 Å². The SMILES string of the molecule is CC(C)C1CCCN(CCCC(C)(C)C(N)=S)CC1. The van der Waals surface area contributed by atoms with E-state index in [0.29, 0.717) is 4.99 Å². The zero-order valence-electron chi connectivity index (χ0n) is 13.2. The Morgan fingerprint density at radius 1 is 1.32 bits per heavy atom. The fourth-order valence-corrected chi connectivity index (χ4v) is 3.04. The molecule has 1 heterocycles. The van der Waals surface area contributed by atoms with Crippen LogP contribution in [0.1, 0.15) is 59.8 Å². The molecule has 3 heteroatoms. The molecule has 1 atom stereocenters.